The van der Waals surface area contributed by atoms with Crippen molar-refractivity contribution >= 4 is 33.7 Å². The van der Waals surface area contributed by atoms with Crippen LogP contribution in [0.25, 0.3) is 11.3 Å². The van der Waals surface area contributed by atoms with Gasteiger partial charge in [-0.3, -0.25) is 14.4 Å². The van der Waals surface area contributed by atoms with Crippen LogP contribution in [0, 0.1) is 0 Å². The van der Waals surface area contributed by atoms with E-state index in [1.54, 1.807) is 34.2 Å². The third kappa shape index (κ3) is 2.88. The van der Waals surface area contributed by atoms with Crippen molar-refractivity contribution in [2.75, 3.05) is 25.2 Å². The molecule has 0 atom stereocenters. The van der Waals surface area contributed by atoms with Gasteiger partial charge in [-0.05, 0) is 12.8 Å². The standard InChI is InChI=1S/C16H17N5O2S2/c1-20-12-3-4-13-14(10(12)7-18-20)19-16(25-13)21(5-6-23-2)15(22)11-8-24-9-17-11/h7-9H,3-6H2,1-2H3. The van der Waals surface area contributed by atoms with E-state index in [1.807, 2.05) is 17.9 Å². The summed E-state index contributed by atoms with van der Waals surface area (Å²) in [6.45, 7) is 0.886. The highest BCUT2D eigenvalue weighted by Crippen LogP contribution is 2.39. The summed E-state index contributed by atoms with van der Waals surface area (Å²) in [5.74, 6) is -0.143. The largest absolute Gasteiger partial charge is 0.383 e. The molecule has 0 spiro atoms. The predicted molar refractivity (Wildman–Crippen MR) is 97.4 cm³/mol. The molecule has 3 aromatic heterocycles. The topological polar surface area (TPSA) is 73.1 Å². The van der Waals surface area contributed by atoms with E-state index in [0.29, 0.717) is 24.0 Å². The summed E-state index contributed by atoms with van der Waals surface area (Å²) in [7, 11) is 3.58. The van der Waals surface area contributed by atoms with Crippen LogP contribution in [0.2, 0.25) is 0 Å². The molecule has 0 unspecified atom stereocenters. The number of hydrogen-bond acceptors (Lipinski definition) is 7. The van der Waals surface area contributed by atoms with E-state index >= 15 is 0 Å². The first kappa shape index (κ1) is 16.4. The molecule has 130 valence electrons. The van der Waals surface area contributed by atoms with Crippen LogP contribution < -0.4 is 4.90 Å². The van der Waals surface area contributed by atoms with Crippen LogP contribution in [-0.4, -0.2) is 45.9 Å². The average Bonchev–Trinajstić information content (AvgIpc) is 3.34. The Balaban J connectivity index is 1.72. The lowest BCUT2D eigenvalue weighted by Crippen LogP contribution is -2.34. The van der Waals surface area contributed by atoms with Crippen molar-refractivity contribution in [1.82, 2.24) is 19.7 Å². The molecule has 0 saturated carbocycles. The summed E-state index contributed by atoms with van der Waals surface area (Å²) in [6.07, 6.45) is 3.72. The van der Waals surface area contributed by atoms with Crippen LogP contribution in [0.3, 0.4) is 0 Å². The predicted octanol–water partition coefficient (Wildman–Crippen LogP) is 2.39. The molecule has 1 amide bonds. The van der Waals surface area contributed by atoms with Crippen molar-refractivity contribution in [3.8, 4) is 11.3 Å². The molecule has 0 saturated heterocycles. The molecule has 0 N–H and O–H groups in total. The number of thiazole rings is 2. The Bertz CT molecular complexity index is 900. The summed E-state index contributed by atoms with van der Waals surface area (Å²) >= 11 is 2.98. The molecule has 9 heteroatoms. The maximum absolute atomic E-state index is 12.8. The molecule has 0 fully saturated rings. The quantitative estimate of drug-likeness (QED) is 0.685. The van der Waals surface area contributed by atoms with Gasteiger partial charge in [-0.15, -0.1) is 22.7 Å². The third-order valence-corrected chi connectivity index (χ3v) is 5.96. The summed E-state index contributed by atoms with van der Waals surface area (Å²) in [5.41, 5.74) is 5.31. The van der Waals surface area contributed by atoms with Crippen LogP contribution >= 0.6 is 22.7 Å². The fourth-order valence-corrected chi connectivity index (χ4v) is 4.57. The zero-order valence-electron chi connectivity index (χ0n) is 13.9. The number of carbonyl (C=O) groups excluding carboxylic acids is 1. The van der Waals surface area contributed by atoms with Gasteiger partial charge in [0, 0.05) is 35.7 Å². The van der Waals surface area contributed by atoms with Crippen molar-refractivity contribution in [1.29, 1.82) is 0 Å². The molecule has 1 aliphatic carbocycles. The molecule has 0 bridgehead atoms. The first-order valence-corrected chi connectivity index (χ1v) is 9.65. The second-order valence-corrected chi connectivity index (χ2v) is 7.50. The highest BCUT2D eigenvalue weighted by molar-refractivity contribution is 7.16. The molecule has 25 heavy (non-hydrogen) atoms. The number of ether oxygens (including phenoxy) is 1. The van der Waals surface area contributed by atoms with E-state index in [4.69, 9.17) is 9.72 Å². The number of fused-ring (bicyclic) bond motifs is 3. The van der Waals surface area contributed by atoms with Gasteiger partial charge >= 0.3 is 0 Å². The van der Waals surface area contributed by atoms with Crippen molar-refractivity contribution in [2.24, 2.45) is 7.05 Å². The summed E-state index contributed by atoms with van der Waals surface area (Å²) in [6, 6.07) is 0. The molecule has 3 heterocycles. The van der Waals surface area contributed by atoms with E-state index < -0.39 is 0 Å². The number of aromatic nitrogens is 4. The lowest BCUT2D eigenvalue weighted by atomic mass is 10.0. The van der Waals surface area contributed by atoms with Crippen LogP contribution in [0.4, 0.5) is 5.13 Å². The van der Waals surface area contributed by atoms with Gasteiger partial charge < -0.3 is 4.74 Å². The molecule has 0 aromatic carbocycles. The Morgan fingerprint density at radius 3 is 3.08 bits per heavy atom. The minimum Gasteiger partial charge on any atom is -0.383 e. The average molecular weight is 375 g/mol. The fourth-order valence-electron chi connectivity index (χ4n) is 2.95. The van der Waals surface area contributed by atoms with Crippen LogP contribution in [0.15, 0.2) is 17.1 Å². The van der Waals surface area contributed by atoms with Gasteiger partial charge in [-0.25, -0.2) is 9.97 Å². The fraction of sp³-hybridized carbons (Fsp3) is 0.375. The Morgan fingerprint density at radius 2 is 2.32 bits per heavy atom. The number of methoxy groups -OCH3 is 1. The molecule has 0 aliphatic heterocycles. The van der Waals surface area contributed by atoms with Gasteiger partial charge in [0.1, 0.15) is 5.69 Å². The molecule has 3 aromatic rings. The molecular weight excluding hydrogens is 358 g/mol. The SMILES string of the molecule is COCCN(C(=O)c1cscn1)c1nc2c(s1)CCc1c-2cnn1C. The van der Waals surface area contributed by atoms with Gasteiger partial charge in [0.05, 0.1) is 30.6 Å². The molecular formula is C16H17N5O2S2. The summed E-state index contributed by atoms with van der Waals surface area (Å²) in [4.78, 5) is 24.6. The smallest absolute Gasteiger partial charge is 0.279 e. The Hall–Kier alpha value is -2.10. The van der Waals surface area contributed by atoms with Crippen molar-refractivity contribution in [3.05, 3.63) is 33.4 Å². The Morgan fingerprint density at radius 1 is 1.44 bits per heavy atom. The minimum absolute atomic E-state index is 0.143. The van der Waals surface area contributed by atoms with Gasteiger partial charge in [0.15, 0.2) is 5.13 Å². The zero-order chi connectivity index (χ0) is 17.4. The van der Waals surface area contributed by atoms with Gasteiger partial charge in [-0.1, -0.05) is 0 Å². The van der Waals surface area contributed by atoms with Crippen LogP contribution in [0.1, 0.15) is 21.1 Å². The number of amides is 1. The molecule has 4 rings (SSSR count). The first-order chi connectivity index (χ1) is 12.2. The number of rotatable bonds is 5. The van der Waals surface area contributed by atoms with Crippen molar-refractivity contribution < 1.29 is 9.53 Å². The lowest BCUT2D eigenvalue weighted by molar-refractivity contribution is 0.0972. The van der Waals surface area contributed by atoms with Gasteiger partial charge in [-0.2, -0.15) is 5.10 Å². The highest BCUT2D eigenvalue weighted by atomic mass is 32.1. The molecule has 0 radical (unpaired) electrons. The van der Waals surface area contributed by atoms with Crippen molar-refractivity contribution in [3.63, 3.8) is 0 Å². The summed E-state index contributed by atoms with van der Waals surface area (Å²) in [5, 5.41) is 6.80. The number of aryl methyl sites for hydroxylation is 2. The van der Waals surface area contributed by atoms with E-state index in [1.165, 1.54) is 21.9 Å². The Kier molecular flexibility index (Phi) is 4.36. The summed E-state index contributed by atoms with van der Waals surface area (Å²) < 4.78 is 7.08. The van der Waals surface area contributed by atoms with Crippen LogP contribution in [-0.2, 0) is 24.6 Å². The zero-order valence-corrected chi connectivity index (χ0v) is 15.6. The second kappa shape index (κ2) is 6.66. The maximum atomic E-state index is 12.8. The number of carbonyl (C=O) groups is 1. The Labute approximate surface area is 152 Å². The lowest BCUT2D eigenvalue weighted by Gasteiger charge is -2.18. The second-order valence-electron chi connectivity index (χ2n) is 5.72. The normalized spacial score (nSPS) is 12.7. The minimum atomic E-state index is -0.143. The number of nitrogens with zero attached hydrogens (tertiary/aromatic N) is 5. The molecule has 7 nitrogen and oxygen atoms in total. The van der Waals surface area contributed by atoms with Crippen molar-refractivity contribution in [2.45, 2.75) is 12.8 Å². The number of hydrogen-bond donors (Lipinski definition) is 0. The highest BCUT2D eigenvalue weighted by Gasteiger charge is 2.28. The first-order valence-electron chi connectivity index (χ1n) is 7.89. The van der Waals surface area contributed by atoms with Crippen LogP contribution in [0.5, 0.6) is 0 Å². The maximum Gasteiger partial charge on any atom is 0.279 e. The third-order valence-electron chi connectivity index (χ3n) is 4.24. The van der Waals surface area contributed by atoms with E-state index in [2.05, 4.69) is 10.1 Å². The van der Waals surface area contributed by atoms with Gasteiger partial charge in [0.2, 0.25) is 0 Å². The van der Waals surface area contributed by atoms with E-state index in [-0.39, 0.29) is 5.91 Å². The van der Waals surface area contributed by atoms with E-state index in [9.17, 15) is 4.79 Å². The monoisotopic (exact) mass is 375 g/mol. The van der Waals surface area contributed by atoms with Gasteiger partial charge in [0.25, 0.3) is 5.91 Å². The number of anilines is 1. The van der Waals surface area contributed by atoms with E-state index in [0.717, 1.165) is 24.1 Å². The molecule has 1 aliphatic rings.